The van der Waals surface area contributed by atoms with Gasteiger partial charge in [-0.3, -0.25) is 9.79 Å². The smallest absolute Gasteiger partial charge is 0.248 e. The van der Waals surface area contributed by atoms with Crippen LogP contribution in [0.15, 0.2) is 53.5 Å². The molecular weight excluding hydrogens is 255 g/mol. The van der Waals surface area contributed by atoms with E-state index in [9.17, 15) is 9.18 Å². The maximum absolute atomic E-state index is 14.0. The van der Waals surface area contributed by atoms with E-state index in [-0.39, 0.29) is 18.3 Å². The van der Waals surface area contributed by atoms with Gasteiger partial charge in [0.05, 0.1) is 11.4 Å². The number of para-hydroxylation sites is 1. The number of carbonyl (C=O) groups is 1. The molecule has 0 fully saturated rings. The molecule has 0 radical (unpaired) electrons. The van der Waals surface area contributed by atoms with E-state index in [2.05, 4.69) is 4.99 Å². The number of fused-ring (bicyclic) bond motifs is 1. The Morgan fingerprint density at radius 3 is 2.45 bits per heavy atom. The predicted octanol–water partition coefficient (Wildman–Crippen LogP) is 2.64. The summed E-state index contributed by atoms with van der Waals surface area (Å²) in [6.07, 6.45) is 0. The zero-order valence-corrected chi connectivity index (χ0v) is 11.0. The van der Waals surface area contributed by atoms with Gasteiger partial charge in [0.2, 0.25) is 5.91 Å². The lowest BCUT2D eigenvalue weighted by molar-refractivity contribution is -0.116. The van der Waals surface area contributed by atoms with E-state index in [0.717, 1.165) is 11.3 Å². The highest BCUT2D eigenvalue weighted by molar-refractivity contribution is 6.19. The van der Waals surface area contributed by atoms with Crippen LogP contribution in [-0.2, 0) is 4.79 Å². The molecule has 2 aromatic rings. The van der Waals surface area contributed by atoms with E-state index in [4.69, 9.17) is 0 Å². The van der Waals surface area contributed by atoms with Crippen LogP contribution < -0.4 is 4.90 Å². The summed E-state index contributed by atoms with van der Waals surface area (Å²) < 4.78 is 14.0. The number of carbonyl (C=O) groups excluding carboxylic acids is 1. The van der Waals surface area contributed by atoms with Crippen molar-refractivity contribution in [2.75, 3.05) is 18.5 Å². The summed E-state index contributed by atoms with van der Waals surface area (Å²) in [4.78, 5) is 17.8. The molecule has 1 amide bonds. The zero-order valence-electron chi connectivity index (χ0n) is 11.0. The molecule has 100 valence electrons. The van der Waals surface area contributed by atoms with Gasteiger partial charge in [-0.25, -0.2) is 4.39 Å². The van der Waals surface area contributed by atoms with E-state index in [1.54, 1.807) is 30.1 Å². The summed E-state index contributed by atoms with van der Waals surface area (Å²) in [7, 11) is 1.71. The standard InChI is InChI=1S/C16H13FN2O/c1-19-14-9-5-3-7-12(14)16(18-10-15(19)20)11-6-2-4-8-13(11)17/h2-9H,10H2,1H3. The minimum absolute atomic E-state index is 0.0227. The molecule has 0 atom stereocenters. The fraction of sp³-hybridized carbons (Fsp3) is 0.125. The Morgan fingerprint density at radius 2 is 1.70 bits per heavy atom. The summed E-state index contributed by atoms with van der Waals surface area (Å²) in [6, 6.07) is 13.9. The molecule has 20 heavy (non-hydrogen) atoms. The van der Waals surface area contributed by atoms with Crippen LogP contribution in [0.4, 0.5) is 10.1 Å². The van der Waals surface area contributed by atoms with E-state index in [1.807, 2.05) is 24.3 Å². The monoisotopic (exact) mass is 268 g/mol. The molecular formula is C16H13FN2O. The lowest BCUT2D eigenvalue weighted by atomic mass is 10.00. The minimum atomic E-state index is -0.335. The number of aliphatic imine (C=N–C) groups is 1. The molecule has 1 aliphatic heterocycles. The van der Waals surface area contributed by atoms with Gasteiger partial charge in [0.1, 0.15) is 12.4 Å². The molecule has 0 saturated heterocycles. The summed E-state index contributed by atoms with van der Waals surface area (Å²) in [5, 5.41) is 0. The van der Waals surface area contributed by atoms with Gasteiger partial charge in [-0.05, 0) is 18.2 Å². The third-order valence-electron chi connectivity index (χ3n) is 3.40. The molecule has 0 N–H and O–H groups in total. The Hall–Kier alpha value is -2.49. The number of amides is 1. The fourth-order valence-electron chi connectivity index (χ4n) is 2.32. The van der Waals surface area contributed by atoms with Crippen molar-refractivity contribution in [3.63, 3.8) is 0 Å². The molecule has 0 aliphatic carbocycles. The Kier molecular flexibility index (Phi) is 3.06. The Morgan fingerprint density at radius 1 is 1.05 bits per heavy atom. The normalized spacial score (nSPS) is 14.6. The predicted molar refractivity (Wildman–Crippen MR) is 76.8 cm³/mol. The van der Waals surface area contributed by atoms with E-state index >= 15 is 0 Å². The number of hydrogen-bond acceptors (Lipinski definition) is 2. The van der Waals surface area contributed by atoms with Crippen LogP contribution >= 0.6 is 0 Å². The summed E-state index contributed by atoms with van der Waals surface area (Å²) >= 11 is 0. The second-order valence-electron chi connectivity index (χ2n) is 4.61. The second kappa shape index (κ2) is 4.89. The SMILES string of the molecule is CN1C(=O)CN=C(c2ccccc2F)c2ccccc21. The van der Waals surface area contributed by atoms with Gasteiger partial charge >= 0.3 is 0 Å². The molecule has 3 rings (SSSR count). The number of anilines is 1. The lowest BCUT2D eigenvalue weighted by Gasteiger charge is -2.17. The largest absolute Gasteiger partial charge is 0.313 e. The van der Waals surface area contributed by atoms with Crippen LogP contribution in [0.1, 0.15) is 11.1 Å². The van der Waals surface area contributed by atoms with Crippen molar-refractivity contribution >= 4 is 17.3 Å². The van der Waals surface area contributed by atoms with Crippen LogP contribution in [0.5, 0.6) is 0 Å². The molecule has 3 nitrogen and oxygen atoms in total. The number of benzene rings is 2. The third kappa shape index (κ3) is 1.99. The first-order valence-electron chi connectivity index (χ1n) is 6.34. The van der Waals surface area contributed by atoms with Crippen molar-refractivity contribution in [1.29, 1.82) is 0 Å². The minimum Gasteiger partial charge on any atom is -0.313 e. The third-order valence-corrected chi connectivity index (χ3v) is 3.40. The van der Waals surface area contributed by atoms with Crippen molar-refractivity contribution in [1.82, 2.24) is 0 Å². The second-order valence-corrected chi connectivity index (χ2v) is 4.61. The fourth-order valence-corrected chi connectivity index (χ4v) is 2.32. The van der Waals surface area contributed by atoms with Crippen molar-refractivity contribution in [2.24, 2.45) is 4.99 Å². The highest BCUT2D eigenvalue weighted by atomic mass is 19.1. The molecule has 4 heteroatoms. The Bertz CT molecular complexity index is 709. The average molecular weight is 268 g/mol. The molecule has 1 aliphatic rings. The number of benzodiazepines with no additional fused rings is 1. The van der Waals surface area contributed by atoms with E-state index in [0.29, 0.717) is 11.3 Å². The van der Waals surface area contributed by atoms with Crippen LogP contribution in [0.25, 0.3) is 0 Å². The molecule has 0 aromatic heterocycles. The lowest BCUT2D eigenvalue weighted by Crippen LogP contribution is -2.27. The average Bonchev–Trinajstić information content (AvgIpc) is 2.59. The Balaban J connectivity index is 2.23. The summed E-state index contributed by atoms with van der Waals surface area (Å²) in [5.74, 6) is -0.443. The zero-order chi connectivity index (χ0) is 14.1. The molecule has 0 unspecified atom stereocenters. The highest BCUT2D eigenvalue weighted by Gasteiger charge is 2.23. The van der Waals surface area contributed by atoms with Crippen molar-refractivity contribution in [3.05, 3.63) is 65.5 Å². The number of likely N-dealkylation sites (N-methyl/N-ethyl adjacent to an activating group) is 1. The highest BCUT2D eigenvalue weighted by Crippen LogP contribution is 2.26. The van der Waals surface area contributed by atoms with Gasteiger partial charge in [0.25, 0.3) is 0 Å². The maximum atomic E-state index is 14.0. The maximum Gasteiger partial charge on any atom is 0.248 e. The first-order valence-corrected chi connectivity index (χ1v) is 6.34. The van der Waals surface area contributed by atoms with Gasteiger partial charge in [0.15, 0.2) is 0 Å². The molecule has 0 saturated carbocycles. The van der Waals surface area contributed by atoms with Gasteiger partial charge in [-0.15, -0.1) is 0 Å². The molecule has 0 spiro atoms. The number of rotatable bonds is 1. The van der Waals surface area contributed by atoms with Gasteiger partial charge in [-0.2, -0.15) is 0 Å². The number of halogens is 1. The topological polar surface area (TPSA) is 32.7 Å². The van der Waals surface area contributed by atoms with Gasteiger partial charge < -0.3 is 4.90 Å². The van der Waals surface area contributed by atoms with Crippen LogP contribution in [0.3, 0.4) is 0 Å². The van der Waals surface area contributed by atoms with E-state index in [1.165, 1.54) is 6.07 Å². The van der Waals surface area contributed by atoms with E-state index < -0.39 is 0 Å². The van der Waals surface area contributed by atoms with Gasteiger partial charge in [0, 0.05) is 18.2 Å². The quantitative estimate of drug-likeness (QED) is 0.782. The molecule has 2 aromatic carbocycles. The molecule has 1 heterocycles. The number of nitrogens with zero attached hydrogens (tertiary/aromatic N) is 2. The van der Waals surface area contributed by atoms with Crippen molar-refractivity contribution < 1.29 is 9.18 Å². The summed E-state index contributed by atoms with van der Waals surface area (Å²) in [6.45, 7) is 0.0227. The van der Waals surface area contributed by atoms with Crippen molar-refractivity contribution in [2.45, 2.75) is 0 Å². The van der Waals surface area contributed by atoms with Crippen molar-refractivity contribution in [3.8, 4) is 0 Å². The Labute approximate surface area is 116 Å². The first kappa shape index (κ1) is 12.5. The molecule has 0 bridgehead atoms. The van der Waals surface area contributed by atoms with Crippen LogP contribution in [-0.4, -0.2) is 25.2 Å². The van der Waals surface area contributed by atoms with Crippen LogP contribution in [0.2, 0.25) is 0 Å². The number of hydrogen-bond donors (Lipinski definition) is 0. The first-order chi connectivity index (χ1) is 9.68. The van der Waals surface area contributed by atoms with Gasteiger partial charge in [-0.1, -0.05) is 30.3 Å². The summed E-state index contributed by atoms with van der Waals surface area (Å²) in [5.41, 5.74) is 2.46. The van der Waals surface area contributed by atoms with Crippen LogP contribution in [0, 0.1) is 5.82 Å².